The number of hydrogen-bond acceptors (Lipinski definition) is 2. The van der Waals surface area contributed by atoms with Crippen molar-refractivity contribution in [2.75, 3.05) is 6.16 Å². The molecule has 5 heteroatoms. The summed E-state index contributed by atoms with van der Waals surface area (Å²) in [6.45, 7) is 0.518. The Morgan fingerprint density at radius 2 is 1.41 bits per heavy atom. The Morgan fingerprint density at radius 3 is 2.00 bits per heavy atom. The lowest BCUT2D eigenvalue weighted by Crippen LogP contribution is -2.22. The van der Waals surface area contributed by atoms with Gasteiger partial charge in [0.15, 0.2) is 0 Å². The van der Waals surface area contributed by atoms with E-state index in [1.807, 2.05) is 72.8 Å². The molecule has 0 saturated carbocycles. The third-order valence-electron chi connectivity index (χ3n) is 4.50. The molecule has 0 aliphatic heterocycles. The van der Waals surface area contributed by atoms with Gasteiger partial charge in [0.1, 0.15) is 5.78 Å². The second-order valence-corrected chi connectivity index (χ2v) is 9.45. The van der Waals surface area contributed by atoms with Gasteiger partial charge in [0.05, 0.1) is 0 Å². The van der Waals surface area contributed by atoms with Gasteiger partial charge in [-0.15, -0.1) is 0 Å². The number of halogens is 1. The van der Waals surface area contributed by atoms with Crippen LogP contribution < -0.4 is 5.32 Å². The van der Waals surface area contributed by atoms with E-state index >= 15 is 0 Å². The summed E-state index contributed by atoms with van der Waals surface area (Å²) in [4.78, 5) is 10.9. The summed E-state index contributed by atoms with van der Waals surface area (Å²) in [6.07, 6.45) is 0.776. The molecule has 27 heavy (non-hydrogen) atoms. The van der Waals surface area contributed by atoms with Gasteiger partial charge in [-0.2, -0.15) is 0 Å². The van der Waals surface area contributed by atoms with Crippen molar-refractivity contribution in [3.05, 3.63) is 107 Å². The maximum atomic E-state index is 13.3. The van der Waals surface area contributed by atoms with E-state index in [0.29, 0.717) is 18.0 Å². The quantitative estimate of drug-likeness (QED) is 0.482. The molecule has 3 aromatic rings. The smallest absolute Gasteiger partial charge is 0.221 e. The summed E-state index contributed by atoms with van der Waals surface area (Å²) >= 11 is 5.99. The van der Waals surface area contributed by atoms with Gasteiger partial charge in [-0.3, -0.25) is 9.88 Å². The van der Waals surface area contributed by atoms with Crippen LogP contribution in [0.5, 0.6) is 0 Å². The molecule has 0 saturated heterocycles. The van der Waals surface area contributed by atoms with Crippen molar-refractivity contribution < 1.29 is 9.46 Å². The Balaban J connectivity index is 1.78. The first kappa shape index (κ1) is 19.9. The van der Waals surface area contributed by atoms with Crippen molar-refractivity contribution in [1.82, 2.24) is 5.32 Å². The van der Waals surface area contributed by atoms with Crippen molar-refractivity contribution >= 4 is 19.0 Å². The normalized spacial score (nSPS) is 14.4. The Kier molecular flexibility index (Phi) is 6.87. The summed E-state index contributed by atoms with van der Waals surface area (Å²) in [5.74, 6) is -0.640. The van der Waals surface area contributed by atoms with E-state index in [2.05, 4.69) is 5.32 Å². The van der Waals surface area contributed by atoms with Crippen molar-refractivity contribution in [3.8, 4) is 0 Å². The van der Waals surface area contributed by atoms with E-state index < -0.39 is 13.2 Å². The zero-order chi connectivity index (χ0) is 19.1. The summed E-state index contributed by atoms with van der Waals surface area (Å²) in [5, 5.41) is 3.90. The van der Waals surface area contributed by atoms with E-state index in [0.717, 1.165) is 16.7 Å². The van der Waals surface area contributed by atoms with Gasteiger partial charge in [-0.25, -0.2) is 0 Å². The second-order valence-electron chi connectivity index (χ2n) is 6.54. The molecule has 2 atom stereocenters. The van der Waals surface area contributed by atoms with Crippen LogP contribution in [0.1, 0.15) is 22.5 Å². The lowest BCUT2D eigenvalue weighted by molar-refractivity contribution is 0.447. The molecule has 0 fully saturated rings. The predicted octanol–water partition coefficient (Wildman–Crippen LogP) is 5.64. The summed E-state index contributed by atoms with van der Waals surface area (Å²) in [7, 11) is -3.50. The first-order valence-corrected chi connectivity index (χ1v) is 11.2. The van der Waals surface area contributed by atoms with Crippen LogP contribution in [-0.4, -0.2) is 11.1 Å². The van der Waals surface area contributed by atoms with Crippen LogP contribution in [0.15, 0.2) is 84.9 Å². The van der Waals surface area contributed by atoms with Crippen LogP contribution in [-0.2, 0) is 17.5 Å². The molecule has 140 valence electrons. The van der Waals surface area contributed by atoms with Gasteiger partial charge in [0.2, 0.25) is 7.37 Å². The summed E-state index contributed by atoms with van der Waals surface area (Å²) < 4.78 is 13.3. The Hall–Kier alpha value is -1.90. The SMILES string of the molecule is O=P(O)(CCc1ccccc1)[C@H](NCc1ccccc1)c1ccc(Cl)cc1. The average Bonchev–Trinajstić information content (AvgIpc) is 2.69. The highest BCUT2D eigenvalue weighted by Crippen LogP contribution is 2.54. The van der Waals surface area contributed by atoms with Gasteiger partial charge in [-0.05, 0) is 35.2 Å². The molecule has 0 amide bonds. The maximum absolute atomic E-state index is 13.3. The molecule has 0 spiro atoms. The molecule has 3 nitrogen and oxygen atoms in total. The van der Waals surface area contributed by atoms with E-state index in [9.17, 15) is 9.46 Å². The third-order valence-corrected chi connectivity index (χ3v) is 6.90. The largest absolute Gasteiger partial charge is 0.343 e. The highest BCUT2D eigenvalue weighted by molar-refractivity contribution is 7.58. The molecular formula is C22H23ClNO2P. The van der Waals surface area contributed by atoms with E-state index in [-0.39, 0.29) is 6.16 Å². The molecular weight excluding hydrogens is 377 g/mol. The second kappa shape index (κ2) is 9.34. The average molecular weight is 400 g/mol. The number of aryl methyl sites for hydroxylation is 1. The molecule has 0 radical (unpaired) electrons. The first-order valence-electron chi connectivity index (χ1n) is 8.93. The number of nitrogens with one attached hydrogen (secondary N) is 1. The lowest BCUT2D eigenvalue weighted by atomic mass is 10.2. The van der Waals surface area contributed by atoms with Gasteiger partial charge in [-0.1, -0.05) is 84.4 Å². The zero-order valence-electron chi connectivity index (χ0n) is 15.0. The predicted molar refractivity (Wildman–Crippen MR) is 112 cm³/mol. The minimum absolute atomic E-state index is 0.214. The molecule has 0 aliphatic rings. The zero-order valence-corrected chi connectivity index (χ0v) is 16.6. The van der Waals surface area contributed by atoms with Gasteiger partial charge in [0.25, 0.3) is 0 Å². The van der Waals surface area contributed by atoms with Crippen LogP contribution in [0.2, 0.25) is 5.02 Å². The van der Waals surface area contributed by atoms with Gasteiger partial charge >= 0.3 is 0 Å². The van der Waals surface area contributed by atoms with Gasteiger partial charge in [0, 0.05) is 17.7 Å². The highest BCUT2D eigenvalue weighted by atomic mass is 35.5. The molecule has 0 aliphatic carbocycles. The number of benzene rings is 3. The van der Waals surface area contributed by atoms with E-state index in [1.54, 1.807) is 12.1 Å². The molecule has 2 N–H and O–H groups in total. The van der Waals surface area contributed by atoms with Crippen molar-refractivity contribution in [3.63, 3.8) is 0 Å². The monoisotopic (exact) mass is 399 g/mol. The fourth-order valence-corrected chi connectivity index (χ4v) is 4.99. The van der Waals surface area contributed by atoms with Crippen LogP contribution in [0.25, 0.3) is 0 Å². The molecule has 0 aromatic heterocycles. The summed E-state index contributed by atoms with van der Waals surface area (Å²) in [6, 6.07) is 26.8. The standard InChI is InChI=1S/C22H23ClNO2P/c23-21-13-11-20(12-14-21)22(24-17-19-9-5-2-6-10-19)27(25,26)16-15-18-7-3-1-4-8-18/h1-14,22,24H,15-17H2,(H,25,26)/t22-/m0/s1. The minimum atomic E-state index is -3.50. The summed E-state index contributed by atoms with van der Waals surface area (Å²) in [5.41, 5.74) is 2.90. The van der Waals surface area contributed by atoms with Crippen molar-refractivity contribution in [2.45, 2.75) is 18.7 Å². The topological polar surface area (TPSA) is 49.3 Å². The van der Waals surface area contributed by atoms with E-state index in [1.165, 1.54) is 0 Å². The van der Waals surface area contributed by atoms with Crippen LogP contribution in [0.3, 0.4) is 0 Å². The lowest BCUT2D eigenvalue weighted by Gasteiger charge is -2.25. The fourth-order valence-electron chi connectivity index (χ4n) is 3.01. The highest BCUT2D eigenvalue weighted by Gasteiger charge is 2.31. The van der Waals surface area contributed by atoms with Crippen molar-refractivity contribution in [1.29, 1.82) is 0 Å². The van der Waals surface area contributed by atoms with E-state index in [4.69, 9.17) is 11.6 Å². The van der Waals surface area contributed by atoms with Gasteiger partial charge < -0.3 is 4.89 Å². The Labute approximate surface area is 165 Å². The molecule has 3 aromatic carbocycles. The number of rotatable bonds is 8. The molecule has 0 heterocycles. The molecule has 1 unspecified atom stereocenters. The van der Waals surface area contributed by atoms with Crippen LogP contribution in [0, 0.1) is 0 Å². The maximum Gasteiger partial charge on any atom is 0.221 e. The third kappa shape index (κ3) is 5.79. The van der Waals surface area contributed by atoms with Crippen molar-refractivity contribution in [2.24, 2.45) is 0 Å². The minimum Gasteiger partial charge on any atom is -0.343 e. The van der Waals surface area contributed by atoms with Crippen LogP contribution >= 0.6 is 19.0 Å². The Bertz CT molecular complexity index is 885. The fraction of sp³-hybridized carbons (Fsp3) is 0.182. The number of hydrogen-bond donors (Lipinski definition) is 2. The first-order chi connectivity index (χ1) is 13.0. The molecule has 3 rings (SSSR count). The van der Waals surface area contributed by atoms with Crippen LogP contribution in [0.4, 0.5) is 0 Å². The Morgan fingerprint density at radius 1 is 0.852 bits per heavy atom. The molecule has 0 bridgehead atoms.